The molecule has 1 aromatic heterocycles. The molecule has 0 saturated heterocycles. The first-order valence-electron chi connectivity index (χ1n) is 6.71. The molecule has 0 spiro atoms. The van der Waals surface area contributed by atoms with Crippen LogP contribution in [0.5, 0.6) is 5.88 Å². The van der Waals surface area contributed by atoms with Crippen molar-refractivity contribution in [1.82, 2.24) is 10.3 Å². The van der Waals surface area contributed by atoms with Gasteiger partial charge >= 0.3 is 0 Å². The van der Waals surface area contributed by atoms with Crippen LogP contribution >= 0.6 is 0 Å². The highest BCUT2D eigenvalue weighted by atomic mass is 16.5. The van der Waals surface area contributed by atoms with Crippen LogP contribution in [0.3, 0.4) is 0 Å². The molecule has 0 saturated carbocycles. The first-order chi connectivity index (χ1) is 8.32. The monoisotopic (exact) mass is 250 g/mol. The molecule has 1 heterocycles. The third kappa shape index (κ3) is 4.65. The fourth-order valence-electron chi connectivity index (χ4n) is 1.62. The molecule has 1 aromatic rings. The maximum Gasteiger partial charge on any atom is 0.214 e. The second-order valence-electron chi connectivity index (χ2n) is 5.90. The molecule has 0 amide bonds. The number of hydrogen-bond acceptors (Lipinski definition) is 3. The van der Waals surface area contributed by atoms with E-state index in [9.17, 15) is 0 Å². The highest BCUT2D eigenvalue weighted by Crippen LogP contribution is 2.24. The molecule has 0 fully saturated rings. The zero-order valence-electron chi connectivity index (χ0n) is 12.5. The fourth-order valence-corrected chi connectivity index (χ4v) is 1.62. The molecule has 102 valence electrons. The second-order valence-corrected chi connectivity index (χ2v) is 5.90. The van der Waals surface area contributed by atoms with E-state index >= 15 is 0 Å². The summed E-state index contributed by atoms with van der Waals surface area (Å²) in [5, 5.41) is 3.34. The van der Waals surface area contributed by atoms with Gasteiger partial charge < -0.3 is 10.1 Å². The lowest BCUT2D eigenvalue weighted by atomic mass is 9.91. The molecule has 18 heavy (non-hydrogen) atoms. The Bertz CT molecular complexity index is 381. The summed E-state index contributed by atoms with van der Waals surface area (Å²) in [6.45, 7) is 14.5. The first kappa shape index (κ1) is 15.0. The van der Waals surface area contributed by atoms with Gasteiger partial charge in [-0.05, 0) is 32.0 Å². The lowest BCUT2D eigenvalue weighted by Gasteiger charge is -2.20. The van der Waals surface area contributed by atoms with E-state index in [4.69, 9.17) is 4.74 Å². The molecule has 0 radical (unpaired) electrons. The van der Waals surface area contributed by atoms with Crippen molar-refractivity contribution < 1.29 is 4.74 Å². The fraction of sp³-hybridized carbons (Fsp3) is 0.667. The summed E-state index contributed by atoms with van der Waals surface area (Å²) >= 11 is 0. The predicted molar refractivity (Wildman–Crippen MR) is 76.1 cm³/mol. The summed E-state index contributed by atoms with van der Waals surface area (Å²) in [6, 6.07) is 4.19. The summed E-state index contributed by atoms with van der Waals surface area (Å²) in [5.41, 5.74) is 2.35. The zero-order valence-corrected chi connectivity index (χ0v) is 12.5. The van der Waals surface area contributed by atoms with Crippen LogP contribution in [0.4, 0.5) is 0 Å². The number of rotatable bonds is 5. The standard InChI is InChI=1S/C15H26N2O/c1-7-16-10-12-8-13(15(4,5)6)17-14(9-12)18-11(2)3/h8-9,11,16H,7,10H2,1-6H3. The number of nitrogens with zero attached hydrogens (tertiary/aromatic N) is 1. The molecular weight excluding hydrogens is 224 g/mol. The Labute approximate surface area is 111 Å². The predicted octanol–water partition coefficient (Wildman–Crippen LogP) is 3.28. The van der Waals surface area contributed by atoms with Crippen molar-refractivity contribution in [3.63, 3.8) is 0 Å². The molecule has 0 atom stereocenters. The van der Waals surface area contributed by atoms with Gasteiger partial charge in [0.05, 0.1) is 11.8 Å². The summed E-state index contributed by atoms with van der Waals surface area (Å²) in [4.78, 5) is 4.60. The molecule has 1 N–H and O–H groups in total. The minimum Gasteiger partial charge on any atom is -0.475 e. The average molecular weight is 250 g/mol. The summed E-state index contributed by atoms with van der Waals surface area (Å²) in [7, 11) is 0. The SMILES string of the molecule is CCNCc1cc(OC(C)C)nc(C(C)(C)C)c1. The number of pyridine rings is 1. The van der Waals surface area contributed by atoms with Gasteiger partial charge in [-0.25, -0.2) is 4.98 Å². The van der Waals surface area contributed by atoms with Gasteiger partial charge in [0, 0.05) is 18.0 Å². The molecule has 3 heteroatoms. The molecule has 0 bridgehead atoms. The maximum absolute atomic E-state index is 5.73. The molecule has 0 aliphatic heterocycles. The Morgan fingerprint density at radius 2 is 1.94 bits per heavy atom. The Morgan fingerprint density at radius 1 is 1.28 bits per heavy atom. The molecule has 0 aliphatic rings. The van der Waals surface area contributed by atoms with E-state index in [2.05, 4.69) is 44.1 Å². The molecule has 0 aliphatic carbocycles. The lowest BCUT2D eigenvalue weighted by molar-refractivity contribution is 0.231. The summed E-state index contributed by atoms with van der Waals surface area (Å²) < 4.78 is 5.73. The van der Waals surface area contributed by atoms with Crippen LogP contribution in [0.2, 0.25) is 0 Å². The Hall–Kier alpha value is -1.09. The van der Waals surface area contributed by atoms with Crippen LogP contribution in [-0.4, -0.2) is 17.6 Å². The van der Waals surface area contributed by atoms with Crippen LogP contribution in [0.1, 0.15) is 52.8 Å². The zero-order chi connectivity index (χ0) is 13.8. The maximum atomic E-state index is 5.73. The van der Waals surface area contributed by atoms with E-state index in [1.54, 1.807) is 0 Å². The van der Waals surface area contributed by atoms with E-state index in [1.807, 2.05) is 19.9 Å². The van der Waals surface area contributed by atoms with Gasteiger partial charge in [0.15, 0.2) is 0 Å². The lowest BCUT2D eigenvalue weighted by Crippen LogP contribution is -2.18. The first-order valence-corrected chi connectivity index (χ1v) is 6.71. The van der Waals surface area contributed by atoms with Crippen LogP contribution in [0.15, 0.2) is 12.1 Å². The van der Waals surface area contributed by atoms with Crippen molar-refractivity contribution in [2.75, 3.05) is 6.54 Å². The van der Waals surface area contributed by atoms with E-state index in [0.717, 1.165) is 24.7 Å². The quantitative estimate of drug-likeness (QED) is 0.871. The van der Waals surface area contributed by atoms with Crippen LogP contribution in [0.25, 0.3) is 0 Å². The highest BCUT2D eigenvalue weighted by Gasteiger charge is 2.17. The van der Waals surface area contributed by atoms with E-state index in [-0.39, 0.29) is 11.5 Å². The molecule has 0 aromatic carbocycles. The number of nitrogens with one attached hydrogen (secondary N) is 1. The van der Waals surface area contributed by atoms with Crippen LogP contribution < -0.4 is 10.1 Å². The van der Waals surface area contributed by atoms with Gasteiger partial charge in [0.2, 0.25) is 5.88 Å². The Morgan fingerprint density at radius 3 is 2.44 bits per heavy atom. The molecule has 1 rings (SSSR count). The Kier molecular flexibility index (Phi) is 5.15. The van der Waals surface area contributed by atoms with E-state index in [0.29, 0.717) is 0 Å². The van der Waals surface area contributed by atoms with Crippen molar-refractivity contribution in [2.45, 2.75) is 59.6 Å². The van der Waals surface area contributed by atoms with Gasteiger partial charge in [0.1, 0.15) is 0 Å². The topological polar surface area (TPSA) is 34.1 Å². The van der Waals surface area contributed by atoms with Crippen molar-refractivity contribution in [1.29, 1.82) is 0 Å². The van der Waals surface area contributed by atoms with Gasteiger partial charge in [-0.2, -0.15) is 0 Å². The third-order valence-corrected chi connectivity index (χ3v) is 2.57. The van der Waals surface area contributed by atoms with Crippen molar-refractivity contribution in [2.24, 2.45) is 0 Å². The normalized spacial score (nSPS) is 11.9. The summed E-state index contributed by atoms with van der Waals surface area (Å²) in [5.74, 6) is 0.727. The average Bonchev–Trinajstić information content (AvgIpc) is 2.24. The third-order valence-electron chi connectivity index (χ3n) is 2.57. The molecule has 3 nitrogen and oxygen atoms in total. The number of hydrogen-bond donors (Lipinski definition) is 1. The molecule has 0 unspecified atom stereocenters. The van der Waals surface area contributed by atoms with Crippen LogP contribution in [0, 0.1) is 0 Å². The highest BCUT2D eigenvalue weighted by molar-refractivity contribution is 5.28. The van der Waals surface area contributed by atoms with Gasteiger partial charge in [-0.15, -0.1) is 0 Å². The minimum atomic E-state index is 0.0390. The van der Waals surface area contributed by atoms with Crippen molar-refractivity contribution in [3.05, 3.63) is 23.4 Å². The smallest absolute Gasteiger partial charge is 0.214 e. The van der Waals surface area contributed by atoms with E-state index < -0.39 is 0 Å². The largest absolute Gasteiger partial charge is 0.475 e. The number of aromatic nitrogens is 1. The second kappa shape index (κ2) is 6.19. The minimum absolute atomic E-state index is 0.0390. The summed E-state index contributed by atoms with van der Waals surface area (Å²) in [6.07, 6.45) is 0.153. The Balaban J connectivity index is 3.03. The van der Waals surface area contributed by atoms with Crippen molar-refractivity contribution >= 4 is 0 Å². The van der Waals surface area contributed by atoms with Crippen LogP contribution in [-0.2, 0) is 12.0 Å². The van der Waals surface area contributed by atoms with Gasteiger partial charge in [-0.1, -0.05) is 27.7 Å². The number of ether oxygens (including phenoxy) is 1. The molecular formula is C15H26N2O. The van der Waals surface area contributed by atoms with Gasteiger partial charge in [0.25, 0.3) is 0 Å². The van der Waals surface area contributed by atoms with E-state index in [1.165, 1.54) is 5.56 Å². The van der Waals surface area contributed by atoms with Gasteiger partial charge in [-0.3, -0.25) is 0 Å². The van der Waals surface area contributed by atoms with Crippen molar-refractivity contribution in [3.8, 4) is 5.88 Å².